The summed E-state index contributed by atoms with van der Waals surface area (Å²) in [6, 6.07) is 11.6. The summed E-state index contributed by atoms with van der Waals surface area (Å²) < 4.78 is 40.0. The Morgan fingerprint density at radius 3 is 2.41 bits per heavy atom. The highest BCUT2D eigenvalue weighted by molar-refractivity contribution is 6.34. The van der Waals surface area contributed by atoms with Crippen molar-refractivity contribution in [2.45, 2.75) is 19.6 Å². The van der Waals surface area contributed by atoms with E-state index >= 15 is 0 Å². The van der Waals surface area contributed by atoms with Crippen LogP contribution in [0.5, 0.6) is 0 Å². The topological polar surface area (TPSA) is 115 Å². The molecule has 2 aromatic carbocycles. The lowest BCUT2D eigenvalue weighted by atomic mass is 10.0. The van der Waals surface area contributed by atoms with E-state index in [0.29, 0.717) is 28.9 Å². The van der Waals surface area contributed by atoms with Gasteiger partial charge >= 0.3 is 12.2 Å². The van der Waals surface area contributed by atoms with Gasteiger partial charge < -0.3 is 16.4 Å². The SMILES string of the molecule is CCn1cc(-c2ccc(Cl)c(NC(=O)Nc3ccc(C(F)(F)F)cc3)c2)c(-c2ccnc(C(N)=O)c2)n1. The van der Waals surface area contributed by atoms with Gasteiger partial charge in [0.2, 0.25) is 0 Å². The van der Waals surface area contributed by atoms with Crippen molar-refractivity contribution >= 4 is 34.9 Å². The van der Waals surface area contributed by atoms with E-state index in [9.17, 15) is 22.8 Å². The Balaban J connectivity index is 1.61. The van der Waals surface area contributed by atoms with Gasteiger partial charge in [-0.25, -0.2) is 4.79 Å². The van der Waals surface area contributed by atoms with E-state index in [2.05, 4.69) is 20.7 Å². The van der Waals surface area contributed by atoms with Gasteiger partial charge in [0.25, 0.3) is 5.91 Å². The number of halogens is 4. The Hall–Kier alpha value is -4.38. The van der Waals surface area contributed by atoms with Crippen LogP contribution < -0.4 is 16.4 Å². The molecule has 0 aliphatic rings. The molecule has 190 valence electrons. The van der Waals surface area contributed by atoms with E-state index in [1.165, 1.54) is 6.20 Å². The van der Waals surface area contributed by atoms with Crippen molar-refractivity contribution < 1.29 is 22.8 Å². The number of nitrogens with one attached hydrogen (secondary N) is 2. The number of aryl methyl sites for hydroxylation is 1. The van der Waals surface area contributed by atoms with Crippen molar-refractivity contribution in [1.29, 1.82) is 0 Å². The third-order valence-corrected chi connectivity index (χ3v) is 5.70. The van der Waals surface area contributed by atoms with Crippen LogP contribution in [0.15, 0.2) is 67.0 Å². The summed E-state index contributed by atoms with van der Waals surface area (Å²) in [7, 11) is 0. The normalized spacial score (nSPS) is 11.3. The number of aromatic nitrogens is 3. The number of primary amides is 1. The summed E-state index contributed by atoms with van der Waals surface area (Å²) in [6.45, 7) is 2.50. The number of nitrogens with two attached hydrogens (primary N) is 1. The highest BCUT2D eigenvalue weighted by Crippen LogP contribution is 2.35. The molecule has 12 heteroatoms. The van der Waals surface area contributed by atoms with Crippen molar-refractivity contribution in [2.75, 3.05) is 10.6 Å². The average molecular weight is 529 g/mol. The molecule has 0 radical (unpaired) electrons. The lowest BCUT2D eigenvalue weighted by Gasteiger charge is -2.12. The molecule has 0 atom stereocenters. The summed E-state index contributed by atoms with van der Waals surface area (Å²) in [6.07, 6.45) is -1.20. The van der Waals surface area contributed by atoms with Crippen LogP contribution in [-0.2, 0) is 12.7 Å². The Morgan fingerprint density at radius 2 is 1.76 bits per heavy atom. The van der Waals surface area contributed by atoms with Gasteiger partial charge in [-0.15, -0.1) is 0 Å². The number of hydrogen-bond donors (Lipinski definition) is 3. The Labute approximate surface area is 214 Å². The number of amides is 3. The number of anilines is 2. The van der Waals surface area contributed by atoms with Gasteiger partial charge in [-0.1, -0.05) is 17.7 Å². The molecule has 0 spiro atoms. The second-order valence-corrected chi connectivity index (χ2v) is 8.30. The van der Waals surface area contributed by atoms with Gasteiger partial charge in [0.1, 0.15) is 11.4 Å². The van der Waals surface area contributed by atoms with Crippen LogP contribution in [0.25, 0.3) is 22.4 Å². The molecule has 4 N–H and O–H groups in total. The van der Waals surface area contributed by atoms with Gasteiger partial charge in [-0.3, -0.25) is 14.5 Å². The van der Waals surface area contributed by atoms with Gasteiger partial charge in [0.05, 0.1) is 16.3 Å². The minimum atomic E-state index is -4.48. The van der Waals surface area contributed by atoms with Crippen molar-refractivity contribution in [3.8, 4) is 22.4 Å². The van der Waals surface area contributed by atoms with Crippen LogP contribution in [0.3, 0.4) is 0 Å². The van der Waals surface area contributed by atoms with E-state index < -0.39 is 23.7 Å². The average Bonchev–Trinajstić information content (AvgIpc) is 3.30. The molecule has 4 rings (SSSR count). The third-order valence-electron chi connectivity index (χ3n) is 5.37. The molecular formula is C25H20ClF3N6O2. The molecule has 3 amide bonds. The third kappa shape index (κ3) is 5.89. The van der Waals surface area contributed by atoms with Crippen molar-refractivity contribution in [3.63, 3.8) is 0 Å². The second-order valence-electron chi connectivity index (χ2n) is 7.89. The standard InChI is InChI=1S/C25H20ClF3N6O2/c1-2-35-13-18(22(34-35)15-9-10-31-21(12-15)23(30)36)14-3-8-19(26)20(11-14)33-24(37)32-17-6-4-16(5-7-17)25(27,28)29/h3-13H,2H2,1H3,(H2,30,36)(H2,32,33,37). The molecule has 37 heavy (non-hydrogen) atoms. The molecule has 0 saturated carbocycles. The molecule has 0 aliphatic heterocycles. The zero-order chi connectivity index (χ0) is 26.7. The van der Waals surface area contributed by atoms with Crippen LogP contribution in [0.2, 0.25) is 5.02 Å². The molecule has 8 nitrogen and oxygen atoms in total. The van der Waals surface area contributed by atoms with Crippen LogP contribution in [0, 0.1) is 0 Å². The fourth-order valence-corrected chi connectivity index (χ4v) is 3.70. The lowest BCUT2D eigenvalue weighted by molar-refractivity contribution is -0.137. The predicted molar refractivity (Wildman–Crippen MR) is 134 cm³/mol. The summed E-state index contributed by atoms with van der Waals surface area (Å²) >= 11 is 6.30. The largest absolute Gasteiger partial charge is 0.416 e. The molecular weight excluding hydrogens is 509 g/mol. The van der Waals surface area contributed by atoms with Gasteiger partial charge in [-0.2, -0.15) is 18.3 Å². The van der Waals surface area contributed by atoms with Crippen LogP contribution in [-0.4, -0.2) is 26.7 Å². The van der Waals surface area contributed by atoms with Crippen LogP contribution in [0.4, 0.5) is 29.3 Å². The molecule has 0 saturated heterocycles. The number of pyridine rings is 1. The smallest absolute Gasteiger partial charge is 0.364 e. The molecule has 0 bridgehead atoms. The zero-order valence-electron chi connectivity index (χ0n) is 19.3. The molecule has 0 unspecified atom stereocenters. The number of benzene rings is 2. The molecule has 2 aromatic heterocycles. The first kappa shape index (κ1) is 25.7. The number of nitrogens with zero attached hydrogens (tertiary/aromatic N) is 3. The molecule has 4 aromatic rings. The van der Waals surface area contributed by atoms with Crippen molar-refractivity contribution in [2.24, 2.45) is 5.73 Å². The Morgan fingerprint density at radius 1 is 1.03 bits per heavy atom. The molecule has 2 heterocycles. The first-order valence-corrected chi connectivity index (χ1v) is 11.3. The number of carbonyl (C=O) groups excluding carboxylic acids is 2. The maximum absolute atomic E-state index is 12.8. The van der Waals surface area contributed by atoms with E-state index in [0.717, 1.165) is 24.3 Å². The maximum atomic E-state index is 12.8. The lowest BCUT2D eigenvalue weighted by Crippen LogP contribution is -2.19. The number of alkyl halides is 3. The molecule has 0 aliphatic carbocycles. The minimum Gasteiger partial charge on any atom is -0.364 e. The summed E-state index contributed by atoms with van der Waals surface area (Å²) in [4.78, 5) is 28.1. The zero-order valence-corrected chi connectivity index (χ0v) is 20.1. The first-order valence-electron chi connectivity index (χ1n) is 10.9. The summed E-state index contributed by atoms with van der Waals surface area (Å²) in [5.74, 6) is -0.671. The first-order chi connectivity index (χ1) is 17.5. The van der Waals surface area contributed by atoms with Gasteiger partial charge in [0, 0.05) is 35.8 Å². The Kier molecular flexibility index (Phi) is 7.16. The number of hydrogen-bond acceptors (Lipinski definition) is 4. The quantitative estimate of drug-likeness (QED) is 0.283. The Bertz CT molecular complexity index is 1470. The van der Waals surface area contributed by atoms with E-state index in [1.807, 2.05) is 13.1 Å². The predicted octanol–water partition coefficient (Wildman–Crippen LogP) is 6.05. The number of urea groups is 1. The summed E-state index contributed by atoms with van der Waals surface area (Å²) in [5, 5.41) is 9.93. The molecule has 0 fully saturated rings. The van der Waals surface area contributed by atoms with Crippen molar-refractivity contribution in [1.82, 2.24) is 14.8 Å². The van der Waals surface area contributed by atoms with E-state index in [-0.39, 0.29) is 22.1 Å². The van der Waals surface area contributed by atoms with Crippen LogP contribution >= 0.6 is 11.6 Å². The fraction of sp³-hybridized carbons (Fsp3) is 0.120. The second kappa shape index (κ2) is 10.3. The maximum Gasteiger partial charge on any atom is 0.416 e. The highest BCUT2D eigenvalue weighted by atomic mass is 35.5. The number of carbonyl (C=O) groups is 2. The van der Waals surface area contributed by atoms with E-state index in [4.69, 9.17) is 17.3 Å². The van der Waals surface area contributed by atoms with Crippen LogP contribution in [0.1, 0.15) is 23.0 Å². The highest BCUT2D eigenvalue weighted by Gasteiger charge is 2.30. The van der Waals surface area contributed by atoms with E-state index in [1.54, 1.807) is 35.0 Å². The van der Waals surface area contributed by atoms with Gasteiger partial charge in [0.15, 0.2) is 0 Å². The minimum absolute atomic E-state index is 0.0906. The number of rotatable bonds is 6. The van der Waals surface area contributed by atoms with Crippen molar-refractivity contribution in [3.05, 3.63) is 83.3 Å². The van der Waals surface area contributed by atoms with Gasteiger partial charge in [-0.05, 0) is 61.0 Å². The summed E-state index contributed by atoms with van der Waals surface area (Å²) in [5.41, 5.74) is 7.63. The monoisotopic (exact) mass is 528 g/mol. The fourth-order valence-electron chi connectivity index (χ4n) is 3.54.